The maximum Gasteiger partial charge on any atom is 0.408 e. The molecule has 1 fully saturated rings. The molecule has 11 heteroatoms. The Morgan fingerprint density at radius 2 is 1.13 bits per heavy atom. The second-order valence-corrected chi connectivity index (χ2v) is 11.9. The SMILES string of the molecule is C[C@H](NC(=O)[C@@H](Cc1ccccc1)NC(=O)OC(C)(C)C)C(=O)N1[C@H](C(=O)OCc2ccccc2)[C@H]1C(=O)OCc1ccccc1. The Morgan fingerprint density at radius 3 is 1.57 bits per heavy atom. The van der Waals surface area contributed by atoms with E-state index in [9.17, 15) is 24.0 Å². The van der Waals surface area contributed by atoms with Gasteiger partial charge >= 0.3 is 18.0 Å². The number of ether oxygens (including phenoxy) is 3. The minimum atomic E-state index is -1.22. The minimum absolute atomic E-state index is 0.0478. The standard InChI is InChI=1S/C35H39N3O8/c1-23(36-30(39)27(20-24-14-8-5-9-15-24)37-34(43)46-35(2,3)4)31(40)38-28(32(41)44-21-25-16-10-6-11-17-25)29(38)33(42)45-22-26-18-12-7-13-19-26/h5-19,23,27-29H,20-22H2,1-4H3,(H,36,39)(H,37,43)/t23-,27+,28-,29-/m0/s1. The molecule has 0 aromatic heterocycles. The van der Waals surface area contributed by atoms with Crippen molar-refractivity contribution in [3.8, 4) is 0 Å². The summed E-state index contributed by atoms with van der Waals surface area (Å²) in [6.07, 6.45) is -0.671. The smallest absolute Gasteiger partial charge is 0.408 e. The van der Waals surface area contributed by atoms with Crippen molar-refractivity contribution in [3.05, 3.63) is 108 Å². The van der Waals surface area contributed by atoms with E-state index in [1.54, 1.807) is 93.6 Å². The predicted molar refractivity (Wildman–Crippen MR) is 168 cm³/mol. The van der Waals surface area contributed by atoms with Gasteiger partial charge in [0.05, 0.1) is 0 Å². The lowest BCUT2D eigenvalue weighted by atomic mass is 10.0. The third-order valence-electron chi connectivity index (χ3n) is 7.01. The van der Waals surface area contributed by atoms with Gasteiger partial charge in [0.2, 0.25) is 11.8 Å². The molecular formula is C35H39N3O8. The van der Waals surface area contributed by atoms with Gasteiger partial charge in [-0.1, -0.05) is 91.0 Å². The zero-order valence-corrected chi connectivity index (χ0v) is 26.3. The molecular weight excluding hydrogens is 590 g/mol. The number of nitrogens with zero attached hydrogens (tertiary/aromatic N) is 1. The van der Waals surface area contributed by atoms with E-state index in [1.807, 2.05) is 18.2 Å². The van der Waals surface area contributed by atoms with Gasteiger partial charge in [0.25, 0.3) is 0 Å². The second kappa shape index (κ2) is 15.2. The van der Waals surface area contributed by atoms with Crippen LogP contribution < -0.4 is 10.6 Å². The number of benzene rings is 3. The third-order valence-corrected chi connectivity index (χ3v) is 7.01. The highest BCUT2D eigenvalue weighted by molar-refractivity contribution is 6.03. The van der Waals surface area contributed by atoms with Crippen molar-refractivity contribution in [1.82, 2.24) is 15.5 Å². The van der Waals surface area contributed by atoms with Crippen LogP contribution in [0.5, 0.6) is 0 Å². The Balaban J connectivity index is 1.45. The first-order valence-electron chi connectivity index (χ1n) is 15.0. The maximum atomic E-state index is 13.6. The molecule has 2 N–H and O–H groups in total. The third kappa shape index (κ3) is 9.65. The number of hydrogen-bond donors (Lipinski definition) is 2. The number of carbonyl (C=O) groups excluding carboxylic acids is 5. The molecule has 1 aliphatic heterocycles. The van der Waals surface area contributed by atoms with Crippen LogP contribution in [-0.4, -0.2) is 64.5 Å². The lowest BCUT2D eigenvalue weighted by Gasteiger charge is -2.24. The quantitative estimate of drug-likeness (QED) is 0.176. The number of carbonyl (C=O) groups is 5. The van der Waals surface area contributed by atoms with Gasteiger partial charge in [-0.25, -0.2) is 14.4 Å². The average Bonchev–Trinajstić information content (AvgIpc) is 3.78. The van der Waals surface area contributed by atoms with E-state index in [2.05, 4.69) is 10.6 Å². The molecule has 242 valence electrons. The molecule has 0 aliphatic carbocycles. The lowest BCUT2D eigenvalue weighted by molar-refractivity contribution is -0.148. The summed E-state index contributed by atoms with van der Waals surface area (Å²) >= 11 is 0. The Morgan fingerprint density at radius 1 is 0.696 bits per heavy atom. The zero-order chi connectivity index (χ0) is 33.3. The van der Waals surface area contributed by atoms with Gasteiger partial charge in [0.1, 0.15) is 30.9 Å². The van der Waals surface area contributed by atoms with Crippen LogP contribution in [-0.2, 0) is 53.0 Å². The van der Waals surface area contributed by atoms with Crippen LogP contribution in [0.2, 0.25) is 0 Å². The van der Waals surface area contributed by atoms with Crippen molar-refractivity contribution in [3.63, 3.8) is 0 Å². The molecule has 3 amide bonds. The normalized spacial score (nSPS) is 16.7. The van der Waals surface area contributed by atoms with Gasteiger partial charge < -0.3 is 29.7 Å². The number of amides is 3. The molecule has 46 heavy (non-hydrogen) atoms. The van der Waals surface area contributed by atoms with Gasteiger partial charge in [0.15, 0.2) is 12.1 Å². The monoisotopic (exact) mass is 629 g/mol. The van der Waals surface area contributed by atoms with Crippen LogP contribution in [0.15, 0.2) is 91.0 Å². The van der Waals surface area contributed by atoms with Crippen LogP contribution in [0.25, 0.3) is 0 Å². The van der Waals surface area contributed by atoms with Gasteiger partial charge in [-0.3, -0.25) is 9.59 Å². The molecule has 1 aliphatic rings. The summed E-state index contributed by atoms with van der Waals surface area (Å²) < 4.78 is 16.2. The van der Waals surface area contributed by atoms with Crippen molar-refractivity contribution in [2.75, 3.05) is 0 Å². The fraction of sp³-hybridized carbons (Fsp3) is 0.343. The summed E-state index contributed by atoms with van der Waals surface area (Å²) in [6, 6.07) is 22.3. The van der Waals surface area contributed by atoms with Crippen LogP contribution in [0.4, 0.5) is 4.79 Å². The molecule has 11 nitrogen and oxygen atoms in total. The van der Waals surface area contributed by atoms with Crippen molar-refractivity contribution < 1.29 is 38.2 Å². The molecule has 0 radical (unpaired) electrons. The minimum Gasteiger partial charge on any atom is -0.459 e. The summed E-state index contributed by atoms with van der Waals surface area (Å²) in [7, 11) is 0. The first-order chi connectivity index (χ1) is 21.9. The number of rotatable bonds is 12. The first-order valence-corrected chi connectivity index (χ1v) is 15.0. The maximum absolute atomic E-state index is 13.6. The van der Waals surface area contributed by atoms with E-state index >= 15 is 0 Å². The van der Waals surface area contributed by atoms with Gasteiger partial charge in [-0.05, 0) is 44.4 Å². The Kier molecular flexibility index (Phi) is 11.1. The predicted octanol–water partition coefficient (Wildman–Crippen LogP) is 3.69. The van der Waals surface area contributed by atoms with Crippen molar-refractivity contribution >= 4 is 29.8 Å². The second-order valence-electron chi connectivity index (χ2n) is 11.9. The number of nitrogens with one attached hydrogen (secondary N) is 2. The summed E-state index contributed by atoms with van der Waals surface area (Å²) in [5.74, 6) is -2.88. The van der Waals surface area contributed by atoms with E-state index in [0.717, 1.165) is 21.6 Å². The largest absolute Gasteiger partial charge is 0.459 e. The van der Waals surface area contributed by atoms with Crippen molar-refractivity contribution in [2.24, 2.45) is 0 Å². The molecule has 0 bridgehead atoms. The van der Waals surface area contributed by atoms with Crippen LogP contribution in [0.3, 0.4) is 0 Å². The summed E-state index contributed by atoms with van der Waals surface area (Å²) in [6.45, 7) is 6.44. The summed E-state index contributed by atoms with van der Waals surface area (Å²) in [5.41, 5.74) is 1.45. The van der Waals surface area contributed by atoms with E-state index < -0.39 is 59.6 Å². The molecule has 3 aromatic rings. The highest BCUT2D eigenvalue weighted by atomic mass is 16.6. The fourth-order valence-electron chi connectivity index (χ4n) is 4.73. The Hall–Kier alpha value is -5.19. The van der Waals surface area contributed by atoms with E-state index in [4.69, 9.17) is 14.2 Å². The molecule has 0 spiro atoms. The Labute approximate surface area is 268 Å². The highest BCUT2D eigenvalue weighted by Crippen LogP contribution is 2.32. The molecule has 1 saturated heterocycles. The molecule has 0 saturated carbocycles. The van der Waals surface area contributed by atoms with E-state index in [-0.39, 0.29) is 19.6 Å². The summed E-state index contributed by atoms with van der Waals surface area (Å²) in [5, 5.41) is 5.20. The number of hydrogen-bond acceptors (Lipinski definition) is 8. The highest BCUT2D eigenvalue weighted by Gasteiger charge is 2.62. The lowest BCUT2D eigenvalue weighted by Crippen LogP contribution is -2.53. The van der Waals surface area contributed by atoms with Gasteiger partial charge in [-0.15, -0.1) is 0 Å². The molecule has 0 unspecified atom stereocenters. The van der Waals surface area contributed by atoms with Crippen LogP contribution >= 0.6 is 0 Å². The van der Waals surface area contributed by atoms with Gasteiger partial charge in [-0.2, -0.15) is 0 Å². The first kappa shape index (κ1) is 33.7. The van der Waals surface area contributed by atoms with Crippen LogP contribution in [0, 0.1) is 0 Å². The Bertz CT molecular complexity index is 1450. The molecule has 1 heterocycles. The fourth-order valence-corrected chi connectivity index (χ4v) is 4.73. The average molecular weight is 630 g/mol. The summed E-state index contributed by atoms with van der Waals surface area (Å²) in [4.78, 5) is 66.8. The van der Waals surface area contributed by atoms with Gasteiger partial charge in [0, 0.05) is 6.42 Å². The van der Waals surface area contributed by atoms with Crippen molar-refractivity contribution in [2.45, 2.75) is 77.1 Å². The zero-order valence-electron chi connectivity index (χ0n) is 26.3. The topological polar surface area (TPSA) is 140 Å². The van der Waals surface area contributed by atoms with Crippen molar-refractivity contribution in [1.29, 1.82) is 0 Å². The number of esters is 2. The molecule has 4 rings (SSSR count). The van der Waals surface area contributed by atoms with E-state index in [1.165, 1.54) is 6.92 Å². The molecule has 3 aromatic carbocycles. The van der Waals surface area contributed by atoms with E-state index in [0.29, 0.717) is 0 Å². The number of alkyl carbamates (subject to hydrolysis) is 1. The molecule has 4 atom stereocenters. The van der Waals surface area contributed by atoms with Crippen LogP contribution in [0.1, 0.15) is 44.4 Å².